The van der Waals surface area contributed by atoms with E-state index in [4.69, 9.17) is 4.74 Å². The highest BCUT2D eigenvalue weighted by Gasteiger charge is 2.18. The van der Waals surface area contributed by atoms with Crippen LogP contribution in [0.5, 0.6) is 0 Å². The summed E-state index contributed by atoms with van der Waals surface area (Å²) in [5.41, 5.74) is 0. The molecule has 0 aromatic heterocycles. The lowest BCUT2D eigenvalue weighted by Gasteiger charge is -2.12. The topological polar surface area (TPSA) is 38.3 Å². The Morgan fingerprint density at radius 1 is 1.46 bits per heavy atom. The molecule has 0 heterocycles. The minimum atomic E-state index is -0.111. The molecule has 0 radical (unpaired) electrons. The van der Waals surface area contributed by atoms with E-state index < -0.39 is 0 Å². The molecule has 13 heavy (non-hydrogen) atoms. The van der Waals surface area contributed by atoms with Crippen LogP contribution >= 0.6 is 0 Å². The lowest BCUT2D eigenvalue weighted by atomic mass is 10.3. The van der Waals surface area contributed by atoms with E-state index in [9.17, 15) is 4.79 Å². The Morgan fingerprint density at radius 2 is 2.08 bits per heavy atom. The maximum absolute atomic E-state index is 11.2. The average molecular weight is 185 g/mol. The zero-order valence-electron chi connectivity index (χ0n) is 8.51. The van der Waals surface area contributed by atoms with E-state index >= 15 is 0 Å². The van der Waals surface area contributed by atoms with Gasteiger partial charge < -0.3 is 10.1 Å². The van der Waals surface area contributed by atoms with Crippen LogP contribution in [0.4, 0.5) is 0 Å². The van der Waals surface area contributed by atoms with Crippen molar-refractivity contribution >= 4 is 5.97 Å². The van der Waals surface area contributed by atoms with Crippen LogP contribution in [0.1, 0.15) is 39.5 Å². The number of ether oxygens (including phenoxy) is 1. The van der Waals surface area contributed by atoms with E-state index in [-0.39, 0.29) is 12.1 Å². The van der Waals surface area contributed by atoms with Crippen molar-refractivity contribution in [2.75, 3.05) is 6.54 Å². The summed E-state index contributed by atoms with van der Waals surface area (Å²) in [6, 6.07) is 0.344. The third-order valence-corrected chi connectivity index (χ3v) is 2.25. The molecule has 1 aliphatic rings. The predicted octanol–water partition coefficient (Wildman–Crippen LogP) is 1.47. The Hall–Kier alpha value is -0.570. The summed E-state index contributed by atoms with van der Waals surface area (Å²) in [7, 11) is 0. The molecular weight excluding hydrogens is 166 g/mol. The molecule has 1 aliphatic carbocycles. The van der Waals surface area contributed by atoms with E-state index in [1.165, 1.54) is 12.8 Å². The van der Waals surface area contributed by atoms with E-state index in [1.807, 2.05) is 13.8 Å². The second kappa shape index (κ2) is 5.22. The third kappa shape index (κ3) is 4.27. The van der Waals surface area contributed by atoms with Crippen LogP contribution in [0.3, 0.4) is 0 Å². The number of rotatable bonds is 4. The summed E-state index contributed by atoms with van der Waals surface area (Å²) in [6.45, 7) is 4.37. The summed E-state index contributed by atoms with van der Waals surface area (Å²) < 4.78 is 5.26. The number of carbonyl (C=O) groups is 1. The van der Waals surface area contributed by atoms with Crippen molar-refractivity contribution in [2.24, 2.45) is 0 Å². The van der Waals surface area contributed by atoms with Crippen molar-refractivity contribution in [2.45, 2.75) is 51.7 Å². The highest BCUT2D eigenvalue weighted by atomic mass is 16.5. The van der Waals surface area contributed by atoms with Gasteiger partial charge in [0, 0.05) is 6.04 Å². The van der Waals surface area contributed by atoms with Crippen LogP contribution in [0.2, 0.25) is 0 Å². The Bertz CT molecular complexity index is 162. The molecule has 0 spiro atoms. The number of esters is 1. The van der Waals surface area contributed by atoms with E-state index in [2.05, 4.69) is 5.32 Å². The minimum absolute atomic E-state index is 0.111. The quantitative estimate of drug-likeness (QED) is 0.674. The molecule has 1 saturated carbocycles. The molecule has 3 nitrogen and oxygen atoms in total. The molecule has 0 amide bonds. The molecule has 0 atom stereocenters. The Morgan fingerprint density at radius 3 is 2.62 bits per heavy atom. The molecule has 76 valence electrons. The highest BCUT2D eigenvalue weighted by Crippen LogP contribution is 2.20. The van der Waals surface area contributed by atoms with Crippen molar-refractivity contribution in [3.8, 4) is 0 Å². The standard InChI is InChI=1S/C10H19NO2/c1-8(2)11-7-10(12)13-9-5-3-4-6-9/h8-9,11H,3-7H2,1-2H3. The van der Waals surface area contributed by atoms with Crippen molar-refractivity contribution in [3.63, 3.8) is 0 Å². The van der Waals surface area contributed by atoms with Crippen molar-refractivity contribution < 1.29 is 9.53 Å². The van der Waals surface area contributed by atoms with Gasteiger partial charge in [-0.25, -0.2) is 0 Å². The number of hydrogen-bond acceptors (Lipinski definition) is 3. The lowest BCUT2D eigenvalue weighted by Crippen LogP contribution is -2.31. The molecule has 1 fully saturated rings. The molecule has 3 heteroatoms. The fourth-order valence-electron chi connectivity index (χ4n) is 1.52. The van der Waals surface area contributed by atoms with Gasteiger partial charge >= 0.3 is 5.97 Å². The van der Waals surface area contributed by atoms with Crippen molar-refractivity contribution in [3.05, 3.63) is 0 Å². The molecule has 0 aliphatic heterocycles. The fourth-order valence-corrected chi connectivity index (χ4v) is 1.52. The molecular formula is C10H19NO2. The summed E-state index contributed by atoms with van der Waals surface area (Å²) in [6.07, 6.45) is 4.70. The summed E-state index contributed by atoms with van der Waals surface area (Å²) in [5, 5.41) is 3.04. The van der Waals surface area contributed by atoms with Gasteiger partial charge in [0.1, 0.15) is 6.10 Å². The Labute approximate surface area is 79.8 Å². The first kappa shape index (κ1) is 10.5. The number of hydrogen-bond donors (Lipinski definition) is 1. The summed E-state index contributed by atoms with van der Waals surface area (Å²) in [4.78, 5) is 11.2. The smallest absolute Gasteiger partial charge is 0.320 e. The molecule has 0 aromatic rings. The van der Waals surface area contributed by atoms with Gasteiger partial charge in [-0.2, -0.15) is 0 Å². The van der Waals surface area contributed by atoms with Gasteiger partial charge in [-0.15, -0.1) is 0 Å². The molecule has 0 bridgehead atoms. The van der Waals surface area contributed by atoms with Gasteiger partial charge in [-0.3, -0.25) is 4.79 Å². The normalized spacial score (nSPS) is 18.1. The molecule has 0 saturated heterocycles. The van der Waals surface area contributed by atoms with E-state index in [0.717, 1.165) is 12.8 Å². The highest BCUT2D eigenvalue weighted by molar-refractivity contribution is 5.71. The minimum Gasteiger partial charge on any atom is -0.461 e. The van der Waals surface area contributed by atoms with E-state index in [1.54, 1.807) is 0 Å². The van der Waals surface area contributed by atoms with Gasteiger partial charge in [0.2, 0.25) is 0 Å². The number of nitrogens with one attached hydrogen (secondary N) is 1. The first-order chi connectivity index (χ1) is 6.18. The Kier molecular flexibility index (Phi) is 4.22. The van der Waals surface area contributed by atoms with Gasteiger partial charge in [0.05, 0.1) is 6.54 Å². The van der Waals surface area contributed by atoms with Crippen molar-refractivity contribution in [1.82, 2.24) is 5.32 Å². The van der Waals surface area contributed by atoms with Gasteiger partial charge in [0.15, 0.2) is 0 Å². The Balaban J connectivity index is 2.09. The molecule has 0 unspecified atom stereocenters. The maximum atomic E-state index is 11.2. The molecule has 1 N–H and O–H groups in total. The monoisotopic (exact) mass is 185 g/mol. The zero-order valence-corrected chi connectivity index (χ0v) is 8.51. The predicted molar refractivity (Wildman–Crippen MR) is 51.5 cm³/mol. The first-order valence-electron chi connectivity index (χ1n) is 5.11. The van der Waals surface area contributed by atoms with Crippen LogP contribution in [0.25, 0.3) is 0 Å². The maximum Gasteiger partial charge on any atom is 0.320 e. The molecule has 1 rings (SSSR count). The lowest BCUT2D eigenvalue weighted by molar-refractivity contribution is -0.147. The van der Waals surface area contributed by atoms with Gasteiger partial charge in [0.25, 0.3) is 0 Å². The van der Waals surface area contributed by atoms with Crippen LogP contribution < -0.4 is 5.32 Å². The van der Waals surface area contributed by atoms with E-state index in [0.29, 0.717) is 12.6 Å². The second-order valence-corrected chi connectivity index (χ2v) is 3.93. The largest absolute Gasteiger partial charge is 0.461 e. The average Bonchev–Trinajstić information content (AvgIpc) is 2.53. The second-order valence-electron chi connectivity index (χ2n) is 3.93. The third-order valence-electron chi connectivity index (χ3n) is 2.25. The van der Waals surface area contributed by atoms with Crippen LogP contribution in [-0.4, -0.2) is 24.7 Å². The van der Waals surface area contributed by atoms with Crippen LogP contribution in [0, 0.1) is 0 Å². The molecule has 0 aromatic carbocycles. The summed E-state index contributed by atoms with van der Waals surface area (Å²) in [5.74, 6) is -0.111. The number of carbonyl (C=O) groups excluding carboxylic acids is 1. The van der Waals surface area contributed by atoms with Gasteiger partial charge in [-0.1, -0.05) is 13.8 Å². The van der Waals surface area contributed by atoms with Gasteiger partial charge in [-0.05, 0) is 25.7 Å². The SMILES string of the molecule is CC(C)NCC(=O)OC1CCCC1. The van der Waals surface area contributed by atoms with Crippen LogP contribution in [-0.2, 0) is 9.53 Å². The fraction of sp³-hybridized carbons (Fsp3) is 0.900. The first-order valence-corrected chi connectivity index (χ1v) is 5.11. The zero-order chi connectivity index (χ0) is 9.68. The van der Waals surface area contributed by atoms with Crippen LogP contribution in [0.15, 0.2) is 0 Å². The van der Waals surface area contributed by atoms with Crippen molar-refractivity contribution in [1.29, 1.82) is 0 Å². The summed E-state index contributed by atoms with van der Waals surface area (Å²) >= 11 is 0.